The van der Waals surface area contributed by atoms with Crippen molar-refractivity contribution in [1.29, 1.82) is 5.26 Å². The molecule has 0 spiro atoms. The van der Waals surface area contributed by atoms with Gasteiger partial charge in [0.1, 0.15) is 0 Å². The lowest BCUT2D eigenvalue weighted by Crippen LogP contribution is -1.91. The zero-order valence-corrected chi connectivity index (χ0v) is 9.73. The average Bonchev–Trinajstić information content (AvgIpc) is 2.16. The largest absolute Gasteiger partial charge is 0.197 e. The summed E-state index contributed by atoms with van der Waals surface area (Å²) in [6.45, 7) is 1.92. The Balaban J connectivity index is 2.56. The molecule has 13 heavy (non-hydrogen) atoms. The van der Waals surface area contributed by atoms with Crippen molar-refractivity contribution < 1.29 is 0 Å². The van der Waals surface area contributed by atoms with Gasteiger partial charge in [0.25, 0.3) is 0 Å². The van der Waals surface area contributed by atoms with Crippen molar-refractivity contribution in [2.45, 2.75) is 17.9 Å². The highest BCUT2D eigenvalue weighted by Crippen LogP contribution is 2.23. The van der Waals surface area contributed by atoms with Gasteiger partial charge in [0, 0.05) is 10.2 Å². The van der Waals surface area contributed by atoms with Crippen LogP contribution in [0, 0.1) is 11.3 Å². The summed E-state index contributed by atoms with van der Waals surface area (Å²) in [6, 6.07) is 10.3. The van der Waals surface area contributed by atoms with Crippen LogP contribution in [0.3, 0.4) is 0 Å². The van der Waals surface area contributed by atoms with E-state index in [-0.39, 0.29) is 5.25 Å². The van der Waals surface area contributed by atoms with Crippen molar-refractivity contribution in [2.75, 3.05) is 0 Å². The Morgan fingerprint density at radius 2 is 2.23 bits per heavy atom. The van der Waals surface area contributed by atoms with E-state index in [4.69, 9.17) is 5.26 Å². The van der Waals surface area contributed by atoms with Crippen LogP contribution in [-0.2, 0) is 5.75 Å². The molecule has 0 saturated carbocycles. The van der Waals surface area contributed by atoms with E-state index in [1.54, 1.807) is 11.8 Å². The number of hydrogen-bond donors (Lipinski definition) is 0. The molecule has 1 unspecified atom stereocenters. The Morgan fingerprint density at radius 3 is 2.85 bits per heavy atom. The maximum absolute atomic E-state index is 8.60. The summed E-state index contributed by atoms with van der Waals surface area (Å²) < 4.78 is 1.12. The molecule has 1 rings (SSSR count). The number of halogens is 1. The molecule has 1 nitrogen and oxygen atoms in total. The lowest BCUT2D eigenvalue weighted by molar-refractivity contribution is 1.23. The molecule has 0 N–H and O–H groups in total. The number of nitriles is 1. The van der Waals surface area contributed by atoms with Gasteiger partial charge in [0.15, 0.2) is 0 Å². The monoisotopic (exact) mass is 255 g/mol. The summed E-state index contributed by atoms with van der Waals surface area (Å²) in [4.78, 5) is 0. The van der Waals surface area contributed by atoms with Gasteiger partial charge in [-0.05, 0) is 18.6 Å². The van der Waals surface area contributed by atoms with Crippen molar-refractivity contribution in [3.63, 3.8) is 0 Å². The van der Waals surface area contributed by atoms with Gasteiger partial charge in [0.05, 0.1) is 11.3 Å². The Bertz CT molecular complexity index is 319. The first-order valence-electron chi connectivity index (χ1n) is 3.98. The first-order chi connectivity index (χ1) is 6.24. The number of thioether (sulfide) groups is 1. The van der Waals surface area contributed by atoms with Gasteiger partial charge in [-0.25, -0.2) is 0 Å². The molecule has 1 aromatic carbocycles. The van der Waals surface area contributed by atoms with E-state index in [2.05, 4.69) is 28.1 Å². The molecule has 0 saturated heterocycles. The molecular formula is C10H10BrNS. The zero-order valence-electron chi connectivity index (χ0n) is 7.33. The molecule has 0 fully saturated rings. The predicted octanol–water partition coefficient (Wildman–Crippen LogP) is 3.59. The minimum atomic E-state index is 0.0621. The molecule has 0 aliphatic carbocycles. The second-order valence-electron chi connectivity index (χ2n) is 2.67. The minimum absolute atomic E-state index is 0.0621. The fraction of sp³-hybridized carbons (Fsp3) is 0.300. The van der Waals surface area contributed by atoms with Crippen molar-refractivity contribution >= 4 is 27.7 Å². The van der Waals surface area contributed by atoms with Crippen LogP contribution in [0.25, 0.3) is 0 Å². The highest BCUT2D eigenvalue weighted by molar-refractivity contribution is 9.10. The molecular weight excluding hydrogens is 246 g/mol. The zero-order chi connectivity index (χ0) is 9.68. The van der Waals surface area contributed by atoms with Crippen LogP contribution >= 0.6 is 27.7 Å². The summed E-state index contributed by atoms with van der Waals surface area (Å²) in [5, 5.41) is 8.66. The molecule has 1 aromatic rings. The van der Waals surface area contributed by atoms with Crippen molar-refractivity contribution in [1.82, 2.24) is 0 Å². The second kappa shape index (κ2) is 5.31. The highest BCUT2D eigenvalue weighted by Gasteiger charge is 2.02. The third-order valence-corrected chi connectivity index (χ3v) is 3.49. The molecule has 0 heterocycles. The number of rotatable bonds is 3. The van der Waals surface area contributed by atoms with Gasteiger partial charge >= 0.3 is 0 Å². The number of nitrogens with zero attached hydrogens (tertiary/aromatic N) is 1. The molecule has 0 aliphatic rings. The van der Waals surface area contributed by atoms with E-state index in [0.29, 0.717) is 0 Å². The molecule has 0 bridgehead atoms. The summed E-state index contributed by atoms with van der Waals surface area (Å²) >= 11 is 5.12. The van der Waals surface area contributed by atoms with Crippen LogP contribution in [0.2, 0.25) is 0 Å². The fourth-order valence-corrected chi connectivity index (χ4v) is 2.23. The van der Waals surface area contributed by atoms with E-state index >= 15 is 0 Å². The standard InChI is InChI=1S/C10H10BrNS/c1-8(6-12)13-7-9-4-2-3-5-10(9)11/h2-5,8H,7H2,1H3. The van der Waals surface area contributed by atoms with Crippen LogP contribution < -0.4 is 0 Å². The Hall–Kier alpha value is -0.460. The first-order valence-corrected chi connectivity index (χ1v) is 5.83. The van der Waals surface area contributed by atoms with E-state index in [0.717, 1.165) is 10.2 Å². The van der Waals surface area contributed by atoms with Crippen molar-refractivity contribution in [3.8, 4) is 6.07 Å². The van der Waals surface area contributed by atoms with Gasteiger partial charge in [-0.3, -0.25) is 0 Å². The van der Waals surface area contributed by atoms with Crippen LogP contribution in [0.15, 0.2) is 28.7 Å². The molecule has 68 valence electrons. The molecule has 0 radical (unpaired) electrons. The third kappa shape index (κ3) is 3.41. The summed E-state index contributed by atoms with van der Waals surface area (Å²) in [5.74, 6) is 0.885. The quantitative estimate of drug-likeness (QED) is 0.825. The van der Waals surface area contributed by atoms with Crippen LogP contribution in [0.1, 0.15) is 12.5 Å². The Morgan fingerprint density at radius 1 is 1.54 bits per heavy atom. The van der Waals surface area contributed by atoms with Crippen LogP contribution in [-0.4, -0.2) is 5.25 Å². The van der Waals surface area contributed by atoms with Crippen molar-refractivity contribution in [2.24, 2.45) is 0 Å². The van der Waals surface area contributed by atoms with Crippen molar-refractivity contribution in [3.05, 3.63) is 34.3 Å². The SMILES string of the molecule is CC(C#N)SCc1ccccc1Br. The lowest BCUT2D eigenvalue weighted by Gasteiger charge is -2.04. The highest BCUT2D eigenvalue weighted by atomic mass is 79.9. The van der Waals surface area contributed by atoms with Crippen LogP contribution in [0.4, 0.5) is 0 Å². The van der Waals surface area contributed by atoms with Gasteiger partial charge < -0.3 is 0 Å². The molecule has 0 amide bonds. The van der Waals surface area contributed by atoms with E-state index in [1.165, 1.54) is 5.56 Å². The predicted molar refractivity (Wildman–Crippen MR) is 60.5 cm³/mol. The lowest BCUT2D eigenvalue weighted by atomic mass is 10.2. The first kappa shape index (κ1) is 10.6. The number of hydrogen-bond acceptors (Lipinski definition) is 2. The van der Waals surface area contributed by atoms with E-state index in [9.17, 15) is 0 Å². The van der Waals surface area contributed by atoms with Gasteiger partial charge in [0.2, 0.25) is 0 Å². The van der Waals surface area contributed by atoms with Gasteiger partial charge in [-0.2, -0.15) is 5.26 Å². The maximum Gasteiger partial charge on any atom is 0.0891 e. The van der Waals surface area contributed by atoms with Crippen LogP contribution in [0.5, 0.6) is 0 Å². The molecule has 0 aromatic heterocycles. The average molecular weight is 256 g/mol. The Kier molecular flexibility index (Phi) is 4.34. The number of benzene rings is 1. The second-order valence-corrected chi connectivity index (χ2v) is 4.86. The molecule has 3 heteroatoms. The summed E-state index contributed by atoms with van der Waals surface area (Å²) in [5.41, 5.74) is 1.25. The van der Waals surface area contributed by atoms with Gasteiger partial charge in [-0.1, -0.05) is 34.1 Å². The normalized spacial score (nSPS) is 12.1. The topological polar surface area (TPSA) is 23.8 Å². The molecule has 1 atom stereocenters. The smallest absolute Gasteiger partial charge is 0.0891 e. The fourth-order valence-electron chi connectivity index (χ4n) is 0.867. The van der Waals surface area contributed by atoms with E-state index < -0.39 is 0 Å². The summed E-state index contributed by atoms with van der Waals surface area (Å²) in [6.07, 6.45) is 0. The summed E-state index contributed by atoms with van der Waals surface area (Å²) in [7, 11) is 0. The molecule has 0 aliphatic heterocycles. The third-order valence-electron chi connectivity index (χ3n) is 1.63. The minimum Gasteiger partial charge on any atom is -0.197 e. The maximum atomic E-state index is 8.60. The van der Waals surface area contributed by atoms with Gasteiger partial charge in [-0.15, -0.1) is 11.8 Å². The Labute approximate surface area is 91.3 Å². The van der Waals surface area contributed by atoms with E-state index in [1.807, 2.05) is 25.1 Å².